The predicted molar refractivity (Wildman–Crippen MR) is 119 cm³/mol. The van der Waals surface area contributed by atoms with Gasteiger partial charge in [-0.1, -0.05) is 30.3 Å². The lowest BCUT2D eigenvalue weighted by molar-refractivity contribution is 0.102. The van der Waals surface area contributed by atoms with Crippen molar-refractivity contribution in [3.05, 3.63) is 95.3 Å². The van der Waals surface area contributed by atoms with E-state index in [1.165, 1.54) is 17.7 Å². The molecule has 0 aliphatic carbocycles. The van der Waals surface area contributed by atoms with Gasteiger partial charge in [-0.15, -0.1) is 0 Å². The number of halogens is 1. The fraction of sp³-hybridized carbons (Fsp3) is 0.200. The molecule has 4 rings (SSSR count). The zero-order valence-electron chi connectivity index (χ0n) is 17.1. The van der Waals surface area contributed by atoms with E-state index in [1.807, 2.05) is 36.4 Å². The molecule has 156 valence electrons. The minimum atomic E-state index is -0.707. The summed E-state index contributed by atoms with van der Waals surface area (Å²) in [5.41, 5.74) is 3.12. The average molecular weight is 414 g/mol. The van der Waals surface area contributed by atoms with E-state index < -0.39 is 11.7 Å². The van der Waals surface area contributed by atoms with Crippen molar-refractivity contribution in [1.82, 2.24) is 4.90 Å². The molecule has 31 heavy (non-hydrogen) atoms. The molecule has 0 saturated carbocycles. The number of nitriles is 1. The molecule has 0 spiro atoms. The molecule has 0 bridgehead atoms. The van der Waals surface area contributed by atoms with Gasteiger partial charge >= 0.3 is 0 Å². The maximum atomic E-state index is 14.0. The lowest BCUT2D eigenvalue weighted by Gasteiger charge is -2.36. The topological polar surface area (TPSA) is 59.4 Å². The molecule has 1 saturated heterocycles. The number of hydrogen-bond acceptors (Lipinski definition) is 4. The first kappa shape index (κ1) is 20.6. The first-order chi connectivity index (χ1) is 15.1. The van der Waals surface area contributed by atoms with Gasteiger partial charge in [-0.3, -0.25) is 9.69 Å². The van der Waals surface area contributed by atoms with E-state index in [0.29, 0.717) is 5.69 Å². The minimum absolute atomic E-state index is 0.0855. The number of nitrogens with zero attached hydrogens (tertiary/aromatic N) is 3. The molecule has 1 heterocycles. The zero-order valence-corrected chi connectivity index (χ0v) is 17.1. The van der Waals surface area contributed by atoms with Gasteiger partial charge in [0.05, 0.1) is 17.2 Å². The van der Waals surface area contributed by atoms with Crippen LogP contribution in [-0.4, -0.2) is 37.0 Å². The number of rotatable bonds is 5. The van der Waals surface area contributed by atoms with Crippen LogP contribution in [0.5, 0.6) is 0 Å². The Labute approximate surface area is 181 Å². The van der Waals surface area contributed by atoms with E-state index >= 15 is 0 Å². The first-order valence-electron chi connectivity index (χ1n) is 10.2. The Morgan fingerprint density at radius 1 is 0.968 bits per heavy atom. The quantitative estimate of drug-likeness (QED) is 0.677. The Balaban J connectivity index is 1.32. The van der Waals surface area contributed by atoms with Crippen molar-refractivity contribution in [1.29, 1.82) is 5.26 Å². The number of amides is 1. The molecule has 5 nitrogen and oxygen atoms in total. The van der Waals surface area contributed by atoms with E-state index in [0.717, 1.165) is 44.5 Å². The largest absolute Gasteiger partial charge is 0.369 e. The van der Waals surface area contributed by atoms with Crippen LogP contribution in [0.15, 0.2) is 72.8 Å². The summed E-state index contributed by atoms with van der Waals surface area (Å²) < 4.78 is 14.0. The Bertz CT molecular complexity index is 1080. The second kappa shape index (κ2) is 9.41. The monoisotopic (exact) mass is 414 g/mol. The summed E-state index contributed by atoms with van der Waals surface area (Å²) in [5.74, 6) is -1.24. The van der Waals surface area contributed by atoms with Gasteiger partial charge in [0.1, 0.15) is 5.82 Å². The van der Waals surface area contributed by atoms with Crippen LogP contribution in [0.1, 0.15) is 21.5 Å². The summed E-state index contributed by atoms with van der Waals surface area (Å²) >= 11 is 0. The smallest absolute Gasteiger partial charge is 0.258 e. The fourth-order valence-electron chi connectivity index (χ4n) is 3.73. The van der Waals surface area contributed by atoms with Crippen molar-refractivity contribution in [2.24, 2.45) is 0 Å². The number of carbonyl (C=O) groups is 1. The number of carbonyl (C=O) groups excluding carboxylic acids is 1. The van der Waals surface area contributed by atoms with Gasteiger partial charge in [-0.2, -0.15) is 5.26 Å². The summed E-state index contributed by atoms with van der Waals surface area (Å²) in [6.07, 6.45) is 0. The van der Waals surface area contributed by atoms with Gasteiger partial charge in [-0.05, 0) is 48.0 Å². The second-order valence-corrected chi connectivity index (χ2v) is 7.56. The molecule has 3 aromatic rings. The van der Waals surface area contributed by atoms with E-state index in [1.54, 1.807) is 0 Å². The van der Waals surface area contributed by atoms with Gasteiger partial charge in [-0.25, -0.2) is 4.39 Å². The summed E-state index contributed by atoms with van der Waals surface area (Å²) in [7, 11) is 0. The number of hydrogen-bond donors (Lipinski definition) is 1. The van der Waals surface area contributed by atoms with Crippen molar-refractivity contribution >= 4 is 17.3 Å². The van der Waals surface area contributed by atoms with Crippen LogP contribution < -0.4 is 10.2 Å². The van der Waals surface area contributed by atoms with E-state index in [4.69, 9.17) is 5.26 Å². The molecule has 0 aromatic heterocycles. The van der Waals surface area contributed by atoms with Crippen molar-refractivity contribution in [3.63, 3.8) is 0 Å². The molecule has 0 atom stereocenters. The lowest BCUT2D eigenvalue weighted by atomic mass is 10.1. The molecule has 0 unspecified atom stereocenters. The van der Waals surface area contributed by atoms with E-state index in [9.17, 15) is 9.18 Å². The molecular weight excluding hydrogens is 391 g/mol. The van der Waals surface area contributed by atoms with Crippen LogP contribution in [0, 0.1) is 17.1 Å². The van der Waals surface area contributed by atoms with Crippen molar-refractivity contribution in [2.45, 2.75) is 6.54 Å². The average Bonchev–Trinajstić information content (AvgIpc) is 2.80. The first-order valence-corrected chi connectivity index (χ1v) is 10.2. The highest BCUT2D eigenvalue weighted by molar-refractivity contribution is 6.04. The van der Waals surface area contributed by atoms with Gasteiger partial charge < -0.3 is 10.2 Å². The van der Waals surface area contributed by atoms with Gasteiger partial charge in [0.2, 0.25) is 0 Å². The highest BCUT2D eigenvalue weighted by Gasteiger charge is 2.18. The normalized spacial score (nSPS) is 14.1. The molecule has 0 radical (unpaired) electrons. The summed E-state index contributed by atoms with van der Waals surface area (Å²) in [4.78, 5) is 17.1. The third kappa shape index (κ3) is 5.08. The molecule has 3 aromatic carbocycles. The van der Waals surface area contributed by atoms with Crippen LogP contribution in [0.3, 0.4) is 0 Å². The summed E-state index contributed by atoms with van der Waals surface area (Å²) in [6, 6.07) is 23.8. The van der Waals surface area contributed by atoms with Crippen LogP contribution in [0.25, 0.3) is 0 Å². The van der Waals surface area contributed by atoms with Crippen molar-refractivity contribution in [3.8, 4) is 6.07 Å². The summed E-state index contributed by atoms with van der Waals surface area (Å²) in [5, 5.41) is 11.5. The number of anilines is 2. The number of benzene rings is 3. The summed E-state index contributed by atoms with van der Waals surface area (Å²) in [6.45, 7) is 4.83. The third-order valence-electron chi connectivity index (χ3n) is 5.45. The second-order valence-electron chi connectivity index (χ2n) is 7.56. The SMILES string of the molecule is N#Cc1ccc(C(=O)Nc2ccc(N3CCN(Cc4ccccc4)CC3)cc2)c(F)c1. The highest BCUT2D eigenvalue weighted by atomic mass is 19.1. The predicted octanol–water partition coefficient (Wildman–Crippen LogP) is 4.27. The fourth-order valence-corrected chi connectivity index (χ4v) is 3.73. The Kier molecular flexibility index (Phi) is 6.25. The van der Waals surface area contributed by atoms with Crippen LogP contribution in [0.4, 0.5) is 15.8 Å². The molecule has 1 aliphatic rings. The van der Waals surface area contributed by atoms with Crippen molar-refractivity contribution in [2.75, 3.05) is 36.4 Å². The van der Waals surface area contributed by atoms with Gasteiger partial charge in [0.25, 0.3) is 5.91 Å². The maximum Gasteiger partial charge on any atom is 0.258 e. The Morgan fingerprint density at radius 3 is 2.32 bits per heavy atom. The lowest BCUT2D eigenvalue weighted by Crippen LogP contribution is -2.45. The van der Waals surface area contributed by atoms with E-state index in [-0.39, 0.29) is 11.1 Å². The molecule has 1 amide bonds. The van der Waals surface area contributed by atoms with Crippen LogP contribution >= 0.6 is 0 Å². The third-order valence-corrected chi connectivity index (χ3v) is 5.45. The minimum Gasteiger partial charge on any atom is -0.369 e. The highest BCUT2D eigenvalue weighted by Crippen LogP contribution is 2.21. The van der Waals surface area contributed by atoms with Gasteiger partial charge in [0.15, 0.2) is 0 Å². The number of piperazine rings is 1. The standard InChI is InChI=1S/C25H23FN4O/c26-24-16-20(17-27)6-11-23(24)25(31)28-21-7-9-22(10-8-21)30-14-12-29(13-15-30)18-19-4-2-1-3-5-19/h1-11,16H,12-15,18H2,(H,28,31). The molecular formula is C25H23FN4O. The molecule has 1 N–H and O–H groups in total. The molecule has 1 aliphatic heterocycles. The van der Waals surface area contributed by atoms with Gasteiger partial charge in [0, 0.05) is 44.1 Å². The molecule has 1 fully saturated rings. The van der Waals surface area contributed by atoms with Crippen LogP contribution in [-0.2, 0) is 6.54 Å². The Morgan fingerprint density at radius 2 is 1.68 bits per heavy atom. The van der Waals surface area contributed by atoms with E-state index in [2.05, 4.69) is 39.4 Å². The number of nitrogens with one attached hydrogen (secondary N) is 1. The maximum absolute atomic E-state index is 14.0. The molecule has 6 heteroatoms. The van der Waals surface area contributed by atoms with Crippen LogP contribution in [0.2, 0.25) is 0 Å². The zero-order chi connectivity index (χ0) is 21.6. The Hall–Kier alpha value is -3.69. The van der Waals surface area contributed by atoms with Crippen molar-refractivity contribution < 1.29 is 9.18 Å².